The molecule has 1 amide bonds. The molecule has 0 fully saturated rings. The summed E-state index contributed by atoms with van der Waals surface area (Å²) >= 11 is 0.636. The number of nitrogens with one attached hydrogen (secondary N) is 1. The van der Waals surface area contributed by atoms with Crippen LogP contribution in [0.25, 0.3) is 11.6 Å². The van der Waals surface area contributed by atoms with E-state index in [0.717, 1.165) is 10.4 Å². The molecule has 1 N–H and O–H groups in total. The number of benzene rings is 3. The first kappa shape index (κ1) is 50.3. The van der Waals surface area contributed by atoms with Crippen LogP contribution in [-0.2, 0) is 32.3 Å². The minimum Gasteiger partial charge on any atom is -0.444 e. The fourth-order valence-electron chi connectivity index (χ4n) is 7.59. The van der Waals surface area contributed by atoms with Crippen molar-refractivity contribution in [3.05, 3.63) is 114 Å². The molecule has 0 saturated carbocycles. The van der Waals surface area contributed by atoms with Crippen molar-refractivity contribution in [1.29, 1.82) is 0 Å². The van der Waals surface area contributed by atoms with Crippen LogP contribution < -0.4 is 15.7 Å². The van der Waals surface area contributed by atoms with Crippen LogP contribution in [0.1, 0.15) is 104 Å². The zero-order valence-corrected chi connectivity index (χ0v) is 39.1. The van der Waals surface area contributed by atoms with Gasteiger partial charge in [0.1, 0.15) is 10.6 Å². The van der Waals surface area contributed by atoms with Crippen molar-refractivity contribution in [3.8, 4) is 11.6 Å². The number of rotatable bonds is 18. The van der Waals surface area contributed by atoms with Crippen LogP contribution in [0.2, 0.25) is 5.04 Å². The van der Waals surface area contributed by atoms with E-state index in [1.165, 1.54) is 6.26 Å². The molecule has 17 heteroatoms. The van der Waals surface area contributed by atoms with Gasteiger partial charge in [-0.1, -0.05) is 131 Å². The number of ether oxygens (including phenoxy) is 2. The van der Waals surface area contributed by atoms with Crippen LogP contribution in [0.4, 0.5) is 36.8 Å². The Morgan fingerprint density at radius 3 is 1.88 bits per heavy atom. The van der Waals surface area contributed by atoms with E-state index in [0.29, 0.717) is 49.1 Å². The number of carbonyl (C=O) groups excluding carboxylic acids is 1. The topological polar surface area (TPSA) is 109 Å². The molecule has 2 atom stereocenters. The summed E-state index contributed by atoms with van der Waals surface area (Å²) in [5, 5.41) is 11.4. The van der Waals surface area contributed by atoms with Gasteiger partial charge >= 0.3 is 18.4 Å². The number of halogens is 6. The van der Waals surface area contributed by atoms with Crippen molar-refractivity contribution in [2.24, 2.45) is 0 Å². The number of aromatic nitrogens is 3. The molecule has 0 unspecified atom stereocenters. The zero-order valence-electron chi connectivity index (χ0n) is 37.3. The number of amides is 1. The summed E-state index contributed by atoms with van der Waals surface area (Å²) < 4.78 is 113. The first-order valence-corrected chi connectivity index (χ1v) is 24.2. The number of anilines is 1. The Hall–Kier alpha value is -4.71. The van der Waals surface area contributed by atoms with Gasteiger partial charge in [0.25, 0.3) is 20.1 Å². The minimum absolute atomic E-state index is 0.0383. The largest absolute Gasteiger partial charge is 0.444 e. The van der Waals surface area contributed by atoms with Crippen molar-refractivity contribution in [2.45, 2.75) is 133 Å². The first-order valence-electron chi connectivity index (χ1n) is 21.0. The van der Waals surface area contributed by atoms with Gasteiger partial charge in [-0.3, -0.25) is 5.32 Å². The average Bonchev–Trinajstić information content (AvgIpc) is 3.72. The van der Waals surface area contributed by atoms with Crippen LogP contribution in [0.15, 0.2) is 107 Å². The van der Waals surface area contributed by atoms with Gasteiger partial charge in [0.2, 0.25) is 5.60 Å². The number of hydrogen-bond acceptors (Lipinski definition) is 9. The smallest absolute Gasteiger partial charge is 0.426 e. The van der Waals surface area contributed by atoms with E-state index in [9.17, 15) is 18.0 Å². The summed E-state index contributed by atoms with van der Waals surface area (Å²) in [6, 6.07) is 29.4. The van der Waals surface area contributed by atoms with E-state index >= 15 is 13.2 Å². The van der Waals surface area contributed by atoms with Gasteiger partial charge in [-0.05, 0) is 80.3 Å². The summed E-state index contributed by atoms with van der Waals surface area (Å²) in [5.41, 5.74) is -5.97. The van der Waals surface area contributed by atoms with Crippen molar-refractivity contribution in [2.75, 3.05) is 11.6 Å². The van der Waals surface area contributed by atoms with E-state index in [1.54, 1.807) is 51.1 Å². The molecule has 0 radical (unpaired) electrons. The van der Waals surface area contributed by atoms with E-state index < -0.39 is 84.7 Å². The molecular weight excluding hydrogens is 875 g/mol. The minimum atomic E-state index is -5.10. The molecule has 0 aliphatic rings. The van der Waals surface area contributed by atoms with Gasteiger partial charge in [-0.15, -0.1) is 22.0 Å². The molecule has 3 aromatic carbocycles. The maximum absolute atomic E-state index is 15.6. The van der Waals surface area contributed by atoms with E-state index in [2.05, 4.69) is 65.5 Å². The molecule has 0 aliphatic carbocycles. The van der Waals surface area contributed by atoms with Crippen molar-refractivity contribution >= 4 is 42.2 Å². The Balaban J connectivity index is 1.40. The Morgan fingerprint density at radius 1 is 0.797 bits per heavy atom. The first-order chi connectivity index (χ1) is 30.0. The maximum atomic E-state index is 15.6. The molecule has 64 heavy (non-hydrogen) atoms. The Bertz CT molecular complexity index is 2230. The predicted octanol–water partition coefficient (Wildman–Crippen LogP) is 12.5. The second-order valence-corrected chi connectivity index (χ2v) is 22.7. The third kappa shape index (κ3) is 12.1. The Labute approximate surface area is 376 Å². The molecule has 5 aromatic rings. The highest BCUT2D eigenvalue weighted by Gasteiger charge is 2.61. The Kier molecular flexibility index (Phi) is 16.2. The molecule has 0 bridgehead atoms. The molecule has 9 nitrogen and oxygen atoms in total. The molecule has 0 spiro atoms. The monoisotopic (exact) mass is 930 g/mol. The quantitative estimate of drug-likeness (QED) is 0.0398. The third-order valence-electron chi connectivity index (χ3n) is 10.6. The van der Waals surface area contributed by atoms with Crippen LogP contribution in [0.5, 0.6) is 0 Å². The number of alkyl halides is 6. The molecule has 2 heterocycles. The van der Waals surface area contributed by atoms with Crippen molar-refractivity contribution < 1.29 is 49.5 Å². The fraction of sp³-hybridized carbons (Fsp3) is 0.447. The number of carbonyl (C=O) groups is 1. The summed E-state index contributed by atoms with van der Waals surface area (Å²) in [4.78, 5) is 16.9. The molecule has 5 rings (SSSR count). The standard InChI is InChI=1S/C47H56F6N4O5SSi/c1-32(62-64(44(5,6)7,34-25-17-12-18-26-34)35-27-19-13-20-28-35)22-14-9-10-21-29-45(47(51,52)53,59-31-33-23-15-11-16-24-33)41-57-56-39(60-41)38-37(54-42(58)61-43(2,3)4)30-36(46(48,49)50)40(55-38)63-8/h11-13,15-20,23-28,30,32H,9-10,14,21-22,29,31H2,1-8H3,(H,54,58)/t32-,45-/m1/s1. The lowest BCUT2D eigenvalue weighted by atomic mass is 9.94. The summed E-state index contributed by atoms with van der Waals surface area (Å²) in [5.74, 6) is -1.63. The summed E-state index contributed by atoms with van der Waals surface area (Å²) in [7, 11) is -2.82. The lowest BCUT2D eigenvalue weighted by molar-refractivity contribution is -0.300. The Morgan fingerprint density at radius 2 is 1.36 bits per heavy atom. The van der Waals surface area contributed by atoms with Gasteiger partial charge < -0.3 is 18.3 Å². The van der Waals surface area contributed by atoms with Gasteiger partial charge in [0, 0.05) is 6.10 Å². The van der Waals surface area contributed by atoms with Crippen LogP contribution >= 0.6 is 11.8 Å². The lowest BCUT2D eigenvalue weighted by Gasteiger charge is -2.44. The van der Waals surface area contributed by atoms with E-state index in [4.69, 9.17) is 18.3 Å². The second-order valence-electron chi connectivity index (χ2n) is 17.6. The summed E-state index contributed by atoms with van der Waals surface area (Å²) in [6.07, 6.45) is -8.20. The van der Waals surface area contributed by atoms with Crippen LogP contribution in [0, 0.1) is 0 Å². The van der Waals surface area contributed by atoms with E-state index in [1.807, 2.05) is 43.3 Å². The maximum Gasteiger partial charge on any atom is 0.426 e. The third-order valence-corrected chi connectivity index (χ3v) is 16.4. The number of hydrogen-bond donors (Lipinski definition) is 1. The highest BCUT2D eigenvalue weighted by molar-refractivity contribution is 7.98. The summed E-state index contributed by atoms with van der Waals surface area (Å²) in [6.45, 7) is 12.8. The van der Waals surface area contributed by atoms with Gasteiger partial charge in [-0.2, -0.15) is 26.3 Å². The number of unbranched alkanes of at least 4 members (excludes halogenated alkanes) is 3. The highest BCUT2D eigenvalue weighted by atomic mass is 32.2. The number of pyridine rings is 1. The van der Waals surface area contributed by atoms with Crippen LogP contribution in [-0.4, -0.2) is 53.7 Å². The number of thioether (sulfide) groups is 1. The molecular formula is C47H56F6N4O5SSi. The normalized spacial score (nSPS) is 14.2. The highest BCUT2D eigenvalue weighted by Crippen LogP contribution is 2.48. The van der Waals surface area contributed by atoms with Crippen LogP contribution in [0.3, 0.4) is 0 Å². The molecule has 0 saturated heterocycles. The second kappa shape index (κ2) is 20.6. The van der Waals surface area contributed by atoms with Gasteiger partial charge in [0.15, 0.2) is 5.69 Å². The van der Waals surface area contributed by atoms with Crippen molar-refractivity contribution in [1.82, 2.24) is 15.2 Å². The number of nitrogens with zero attached hydrogens (tertiary/aromatic N) is 3. The zero-order chi connectivity index (χ0) is 47.0. The van der Waals surface area contributed by atoms with Gasteiger partial charge in [0.05, 0.1) is 17.9 Å². The fourth-order valence-corrected chi connectivity index (χ4v) is 12.9. The van der Waals surface area contributed by atoms with Gasteiger partial charge in [-0.25, -0.2) is 9.78 Å². The SMILES string of the molecule is CSc1nc(-c2nnc([C@@](CCCCCC[C@@H](C)O[Si](c3ccccc3)(c3ccccc3)C(C)(C)C)(OCc3ccccc3)C(F)(F)F)o2)c(NC(=O)OC(C)(C)C)cc1C(F)(F)F. The lowest BCUT2D eigenvalue weighted by Crippen LogP contribution is -2.67. The van der Waals surface area contributed by atoms with E-state index in [-0.39, 0.29) is 17.6 Å². The van der Waals surface area contributed by atoms with Crippen molar-refractivity contribution in [3.63, 3.8) is 0 Å². The predicted molar refractivity (Wildman–Crippen MR) is 239 cm³/mol. The molecule has 2 aromatic heterocycles. The average molecular weight is 931 g/mol. The molecule has 0 aliphatic heterocycles. The molecule has 346 valence electrons.